The second-order valence-corrected chi connectivity index (χ2v) is 4.26. The SMILES string of the molecule is Nc1ccc2c(c1)CC(C(=O)O)S2. The Kier molecular flexibility index (Phi) is 1.92. The molecular formula is C9H9NO2S. The lowest BCUT2D eigenvalue weighted by Gasteiger charge is -1.97. The highest BCUT2D eigenvalue weighted by molar-refractivity contribution is 8.01. The topological polar surface area (TPSA) is 63.3 Å². The first-order chi connectivity index (χ1) is 6.16. The maximum atomic E-state index is 10.7. The maximum absolute atomic E-state index is 10.7. The minimum absolute atomic E-state index is 0.336. The quantitative estimate of drug-likeness (QED) is 0.664. The smallest absolute Gasteiger partial charge is 0.317 e. The molecule has 1 atom stereocenters. The summed E-state index contributed by atoms with van der Waals surface area (Å²) in [6.07, 6.45) is 0.584. The van der Waals surface area contributed by atoms with E-state index in [-0.39, 0.29) is 5.25 Å². The van der Waals surface area contributed by atoms with Crippen LogP contribution in [0.2, 0.25) is 0 Å². The van der Waals surface area contributed by atoms with Gasteiger partial charge in [-0.1, -0.05) is 0 Å². The molecule has 0 saturated heterocycles. The number of carboxylic acids is 1. The summed E-state index contributed by atoms with van der Waals surface area (Å²) in [5.74, 6) is -0.750. The van der Waals surface area contributed by atoms with Gasteiger partial charge in [0.15, 0.2) is 0 Å². The van der Waals surface area contributed by atoms with Gasteiger partial charge in [0.2, 0.25) is 0 Å². The van der Waals surface area contributed by atoms with Crippen LogP contribution >= 0.6 is 11.8 Å². The summed E-state index contributed by atoms with van der Waals surface area (Å²) in [5.41, 5.74) is 7.35. The standard InChI is InChI=1S/C9H9NO2S/c10-6-1-2-7-5(3-6)4-8(13-7)9(11)12/h1-3,8H,4,10H2,(H,11,12). The number of benzene rings is 1. The normalized spacial score (nSPS) is 19.8. The lowest BCUT2D eigenvalue weighted by Crippen LogP contribution is -2.14. The Morgan fingerprint density at radius 1 is 1.62 bits per heavy atom. The minimum atomic E-state index is -0.750. The Balaban J connectivity index is 2.30. The Bertz CT molecular complexity index is 365. The zero-order chi connectivity index (χ0) is 9.42. The van der Waals surface area contributed by atoms with E-state index in [0.717, 1.165) is 10.5 Å². The first-order valence-electron chi connectivity index (χ1n) is 3.94. The molecule has 0 bridgehead atoms. The van der Waals surface area contributed by atoms with Crippen LogP contribution in [-0.2, 0) is 11.2 Å². The van der Waals surface area contributed by atoms with Crippen molar-refractivity contribution in [3.8, 4) is 0 Å². The molecule has 1 heterocycles. The molecule has 0 fully saturated rings. The van der Waals surface area contributed by atoms with Crippen molar-refractivity contribution in [1.29, 1.82) is 0 Å². The number of carbonyl (C=O) groups is 1. The van der Waals surface area contributed by atoms with E-state index < -0.39 is 5.97 Å². The summed E-state index contributed by atoms with van der Waals surface area (Å²) >= 11 is 1.40. The minimum Gasteiger partial charge on any atom is -0.480 e. The number of carboxylic acid groups (broad SMARTS) is 1. The van der Waals surface area contributed by atoms with Crippen LogP contribution in [0.1, 0.15) is 5.56 Å². The average molecular weight is 195 g/mol. The van der Waals surface area contributed by atoms with E-state index in [2.05, 4.69) is 0 Å². The number of hydrogen-bond acceptors (Lipinski definition) is 3. The third-order valence-electron chi connectivity index (χ3n) is 2.03. The van der Waals surface area contributed by atoms with Gasteiger partial charge in [0.1, 0.15) is 5.25 Å². The van der Waals surface area contributed by atoms with Gasteiger partial charge < -0.3 is 10.8 Å². The number of nitrogens with two attached hydrogens (primary N) is 1. The first kappa shape index (κ1) is 8.44. The molecule has 0 aromatic heterocycles. The second kappa shape index (κ2) is 2.96. The van der Waals surface area contributed by atoms with Crippen molar-refractivity contribution in [2.75, 3.05) is 5.73 Å². The predicted molar refractivity (Wildman–Crippen MR) is 51.8 cm³/mol. The molecule has 4 heteroatoms. The van der Waals surface area contributed by atoms with Crippen molar-refractivity contribution in [1.82, 2.24) is 0 Å². The number of nitrogen functional groups attached to an aromatic ring is 1. The molecule has 1 aliphatic rings. The summed E-state index contributed by atoms with van der Waals surface area (Å²) in [4.78, 5) is 11.7. The van der Waals surface area contributed by atoms with Crippen molar-refractivity contribution < 1.29 is 9.90 Å². The predicted octanol–water partition coefficient (Wildman–Crippen LogP) is 1.37. The zero-order valence-corrected chi connectivity index (χ0v) is 7.67. The third kappa shape index (κ3) is 1.49. The van der Waals surface area contributed by atoms with Gasteiger partial charge in [-0.25, -0.2) is 0 Å². The van der Waals surface area contributed by atoms with Crippen molar-refractivity contribution >= 4 is 23.4 Å². The molecule has 68 valence electrons. The number of fused-ring (bicyclic) bond motifs is 1. The molecule has 0 amide bonds. The van der Waals surface area contributed by atoms with Crippen LogP contribution in [-0.4, -0.2) is 16.3 Å². The molecule has 0 spiro atoms. The summed E-state index contributed by atoms with van der Waals surface area (Å²) < 4.78 is 0. The summed E-state index contributed by atoms with van der Waals surface area (Å²) in [7, 11) is 0. The highest BCUT2D eigenvalue weighted by atomic mass is 32.2. The van der Waals surface area contributed by atoms with Gasteiger partial charge in [0, 0.05) is 10.6 Å². The Morgan fingerprint density at radius 2 is 2.38 bits per heavy atom. The molecular weight excluding hydrogens is 186 g/mol. The van der Waals surface area contributed by atoms with Crippen LogP contribution < -0.4 is 5.73 Å². The monoisotopic (exact) mass is 195 g/mol. The van der Waals surface area contributed by atoms with Gasteiger partial charge in [-0.3, -0.25) is 4.79 Å². The number of thioether (sulfide) groups is 1. The van der Waals surface area contributed by atoms with Crippen molar-refractivity contribution in [2.45, 2.75) is 16.6 Å². The molecule has 3 nitrogen and oxygen atoms in total. The highest BCUT2D eigenvalue weighted by Crippen LogP contribution is 2.37. The number of hydrogen-bond donors (Lipinski definition) is 2. The van der Waals surface area contributed by atoms with Gasteiger partial charge in [-0.2, -0.15) is 0 Å². The molecule has 2 rings (SSSR count). The van der Waals surface area contributed by atoms with E-state index >= 15 is 0 Å². The fraction of sp³-hybridized carbons (Fsp3) is 0.222. The Morgan fingerprint density at radius 3 is 3.08 bits per heavy atom. The van der Waals surface area contributed by atoms with Crippen molar-refractivity contribution in [3.63, 3.8) is 0 Å². The van der Waals surface area contributed by atoms with Crippen LogP contribution in [0.25, 0.3) is 0 Å². The number of rotatable bonds is 1. The van der Waals surface area contributed by atoms with Gasteiger partial charge >= 0.3 is 5.97 Å². The lowest BCUT2D eigenvalue weighted by molar-refractivity contribution is -0.136. The lowest BCUT2D eigenvalue weighted by atomic mass is 10.1. The molecule has 3 N–H and O–H groups in total. The second-order valence-electron chi connectivity index (χ2n) is 3.02. The summed E-state index contributed by atoms with van der Waals surface area (Å²) in [6.45, 7) is 0. The first-order valence-corrected chi connectivity index (χ1v) is 4.82. The fourth-order valence-electron chi connectivity index (χ4n) is 1.41. The molecule has 0 radical (unpaired) electrons. The third-order valence-corrected chi connectivity index (χ3v) is 3.34. The zero-order valence-electron chi connectivity index (χ0n) is 6.86. The molecule has 13 heavy (non-hydrogen) atoms. The molecule has 1 unspecified atom stereocenters. The van der Waals surface area contributed by atoms with E-state index in [1.165, 1.54) is 11.8 Å². The summed E-state index contributed by atoms with van der Waals surface area (Å²) in [5, 5.41) is 8.47. The van der Waals surface area contributed by atoms with Crippen LogP contribution in [0.3, 0.4) is 0 Å². The van der Waals surface area contributed by atoms with Crippen molar-refractivity contribution in [3.05, 3.63) is 23.8 Å². The number of aliphatic carboxylic acids is 1. The van der Waals surface area contributed by atoms with Crippen LogP contribution in [0.4, 0.5) is 5.69 Å². The van der Waals surface area contributed by atoms with E-state index in [0.29, 0.717) is 12.1 Å². The molecule has 1 aromatic rings. The molecule has 1 aliphatic heterocycles. The Hall–Kier alpha value is -1.16. The largest absolute Gasteiger partial charge is 0.480 e. The molecule has 0 saturated carbocycles. The molecule has 1 aromatic carbocycles. The van der Waals surface area contributed by atoms with E-state index in [1.807, 2.05) is 12.1 Å². The van der Waals surface area contributed by atoms with Gasteiger partial charge in [0.25, 0.3) is 0 Å². The van der Waals surface area contributed by atoms with Crippen LogP contribution in [0.15, 0.2) is 23.1 Å². The highest BCUT2D eigenvalue weighted by Gasteiger charge is 2.27. The van der Waals surface area contributed by atoms with Crippen molar-refractivity contribution in [2.24, 2.45) is 0 Å². The van der Waals surface area contributed by atoms with Gasteiger partial charge in [-0.15, -0.1) is 11.8 Å². The Labute approximate surface area is 79.9 Å². The van der Waals surface area contributed by atoms with Gasteiger partial charge in [0.05, 0.1) is 0 Å². The van der Waals surface area contributed by atoms with Crippen LogP contribution in [0.5, 0.6) is 0 Å². The van der Waals surface area contributed by atoms with Crippen LogP contribution in [0, 0.1) is 0 Å². The van der Waals surface area contributed by atoms with Gasteiger partial charge in [-0.05, 0) is 30.2 Å². The average Bonchev–Trinajstić information content (AvgIpc) is 2.46. The summed E-state index contributed by atoms with van der Waals surface area (Å²) in [6, 6.07) is 5.54. The molecule has 0 aliphatic carbocycles. The number of anilines is 1. The van der Waals surface area contributed by atoms with E-state index in [4.69, 9.17) is 10.8 Å². The van der Waals surface area contributed by atoms with E-state index in [9.17, 15) is 4.79 Å². The maximum Gasteiger partial charge on any atom is 0.317 e. The fourth-order valence-corrected chi connectivity index (χ4v) is 2.52. The van der Waals surface area contributed by atoms with E-state index in [1.54, 1.807) is 6.07 Å².